The number of rotatable bonds is 1. The third-order valence-electron chi connectivity index (χ3n) is 5.35. The van der Waals surface area contributed by atoms with E-state index >= 15 is 0 Å². The summed E-state index contributed by atoms with van der Waals surface area (Å²) in [5, 5.41) is 2.87. The molecule has 3 aromatic rings. The van der Waals surface area contributed by atoms with E-state index in [0.717, 1.165) is 19.5 Å². The quantitative estimate of drug-likeness (QED) is 0.486. The molecule has 22 heavy (non-hydrogen) atoms. The van der Waals surface area contributed by atoms with Crippen molar-refractivity contribution in [2.75, 3.05) is 18.0 Å². The molecule has 108 valence electrons. The van der Waals surface area contributed by atoms with Crippen LogP contribution in [-0.2, 0) is 12.8 Å². The number of likely N-dealkylation sites (N-methyl/N-ethyl adjacent to an activating group) is 1. The molecule has 2 aliphatic rings. The predicted molar refractivity (Wildman–Crippen MR) is 93.8 cm³/mol. The minimum Gasteiger partial charge on any atom is -0.371 e. The molecule has 0 radical (unpaired) electrons. The molecular weight excluding hydrogens is 266 g/mol. The smallest absolute Gasteiger partial charge is 0.0485 e. The van der Waals surface area contributed by atoms with Crippen LogP contribution >= 0.6 is 0 Å². The SMILES string of the molecule is CCN1CCc2ccc3ccc4c(c3c21)-c1ccccc1C4. The molecule has 0 N–H and O–H groups in total. The van der Waals surface area contributed by atoms with Gasteiger partial charge in [-0.25, -0.2) is 0 Å². The van der Waals surface area contributed by atoms with Crippen LogP contribution in [0.3, 0.4) is 0 Å². The van der Waals surface area contributed by atoms with Gasteiger partial charge in [0.25, 0.3) is 0 Å². The predicted octanol–water partition coefficient (Wildman–Crippen LogP) is 4.79. The maximum Gasteiger partial charge on any atom is 0.0485 e. The summed E-state index contributed by atoms with van der Waals surface area (Å²) in [6.45, 7) is 4.53. The Hall–Kier alpha value is -2.28. The second kappa shape index (κ2) is 4.36. The zero-order valence-electron chi connectivity index (χ0n) is 12.9. The Morgan fingerprint density at radius 3 is 2.59 bits per heavy atom. The minimum absolute atomic E-state index is 1.08. The van der Waals surface area contributed by atoms with Crippen LogP contribution in [0.1, 0.15) is 23.6 Å². The van der Waals surface area contributed by atoms with Gasteiger partial charge in [0.15, 0.2) is 0 Å². The number of benzene rings is 3. The highest BCUT2D eigenvalue weighted by molar-refractivity contribution is 6.09. The number of anilines is 1. The van der Waals surface area contributed by atoms with Gasteiger partial charge in [0.2, 0.25) is 0 Å². The Morgan fingerprint density at radius 2 is 1.73 bits per heavy atom. The molecule has 0 bridgehead atoms. The highest BCUT2D eigenvalue weighted by Crippen LogP contribution is 2.46. The molecule has 3 aromatic carbocycles. The molecule has 0 unspecified atom stereocenters. The number of nitrogens with zero attached hydrogens (tertiary/aromatic N) is 1. The summed E-state index contributed by atoms with van der Waals surface area (Å²) >= 11 is 0. The van der Waals surface area contributed by atoms with Crippen LogP contribution in [0.25, 0.3) is 21.9 Å². The molecule has 0 spiro atoms. The molecule has 1 aliphatic carbocycles. The Labute approximate surface area is 131 Å². The molecule has 1 nitrogen and oxygen atoms in total. The summed E-state index contributed by atoms with van der Waals surface area (Å²) in [6, 6.07) is 18.2. The van der Waals surface area contributed by atoms with Gasteiger partial charge < -0.3 is 4.90 Å². The van der Waals surface area contributed by atoms with Gasteiger partial charge in [-0.1, -0.05) is 48.5 Å². The fourth-order valence-electron chi connectivity index (χ4n) is 4.31. The second-order valence-electron chi connectivity index (χ2n) is 6.43. The third kappa shape index (κ3) is 1.49. The normalized spacial score (nSPS) is 15.0. The molecule has 0 aromatic heterocycles. The van der Waals surface area contributed by atoms with Gasteiger partial charge in [-0.3, -0.25) is 0 Å². The van der Waals surface area contributed by atoms with Crippen molar-refractivity contribution in [3.63, 3.8) is 0 Å². The van der Waals surface area contributed by atoms with Crippen molar-refractivity contribution in [3.8, 4) is 11.1 Å². The zero-order chi connectivity index (χ0) is 14.7. The Kier molecular flexibility index (Phi) is 2.43. The maximum atomic E-state index is 2.55. The van der Waals surface area contributed by atoms with Gasteiger partial charge in [0.05, 0.1) is 0 Å². The second-order valence-corrected chi connectivity index (χ2v) is 6.43. The number of fused-ring (bicyclic) bond motifs is 7. The molecule has 1 heteroatoms. The molecule has 5 rings (SSSR count). The summed E-state index contributed by atoms with van der Waals surface area (Å²) in [5.41, 5.74) is 8.92. The summed E-state index contributed by atoms with van der Waals surface area (Å²) < 4.78 is 0. The van der Waals surface area contributed by atoms with E-state index in [1.54, 1.807) is 0 Å². The van der Waals surface area contributed by atoms with Crippen molar-refractivity contribution in [2.24, 2.45) is 0 Å². The summed E-state index contributed by atoms with van der Waals surface area (Å²) in [6.07, 6.45) is 2.27. The Bertz CT molecular complexity index is 907. The number of hydrogen-bond acceptors (Lipinski definition) is 1. The van der Waals surface area contributed by atoms with Gasteiger partial charge in [-0.2, -0.15) is 0 Å². The molecule has 1 heterocycles. The lowest BCUT2D eigenvalue weighted by Gasteiger charge is -2.21. The average Bonchev–Trinajstić information content (AvgIpc) is 3.15. The van der Waals surface area contributed by atoms with Crippen molar-refractivity contribution in [1.29, 1.82) is 0 Å². The van der Waals surface area contributed by atoms with Gasteiger partial charge >= 0.3 is 0 Å². The van der Waals surface area contributed by atoms with E-state index in [4.69, 9.17) is 0 Å². The van der Waals surface area contributed by atoms with Crippen LogP contribution in [0.5, 0.6) is 0 Å². The lowest BCUT2D eigenvalue weighted by Crippen LogP contribution is -2.19. The first-order valence-electron chi connectivity index (χ1n) is 8.27. The van der Waals surface area contributed by atoms with E-state index in [9.17, 15) is 0 Å². The van der Waals surface area contributed by atoms with Crippen LogP contribution in [0.2, 0.25) is 0 Å². The average molecular weight is 285 g/mol. The largest absolute Gasteiger partial charge is 0.371 e. The van der Waals surface area contributed by atoms with Gasteiger partial charge in [0, 0.05) is 24.2 Å². The van der Waals surface area contributed by atoms with E-state index in [0.29, 0.717) is 0 Å². The van der Waals surface area contributed by atoms with Crippen LogP contribution < -0.4 is 4.90 Å². The lowest BCUT2D eigenvalue weighted by molar-refractivity contribution is 0.870. The number of hydrogen-bond donors (Lipinski definition) is 0. The molecule has 0 fully saturated rings. The van der Waals surface area contributed by atoms with E-state index in [1.165, 1.54) is 50.7 Å². The van der Waals surface area contributed by atoms with Crippen molar-refractivity contribution >= 4 is 16.5 Å². The highest BCUT2D eigenvalue weighted by Gasteiger charge is 2.26. The molecule has 0 saturated heterocycles. The van der Waals surface area contributed by atoms with Crippen molar-refractivity contribution in [1.82, 2.24) is 0 Å². The van der Waals surface area contributed by atoms with E-state index in [-0.39, 0.29) is 0 Å². The first kappa shape index (κ1) is 12.3. The van der Waals surface area contributed by atoms with Crippen LogP contribution in [0, 0.1) is 0 Å². The Balaban J connectivity index is 1.93. The van der Waals surface area contributed by atoms with Gasteiger partial charge in [-0.05, 0) is 53.0 Å². The van der Waals surface area contributed by atoms with Gasteiger partial charge in [0.1, 0.15) is 0 Å². The molecule has 0 saturated carbocycles. The van der Waals surface area contributed by atoms with Crippen LogP contribution in [-0.4, -0.2) is 13.1 Å². The van der Waals surface area contributed by atoms with Crippen molar-refractivity contribution in [3.05, 3.63) is 65.2 Å². The first-order valence-corrected chi connectivity index (χ1v) is 8.27. The Morgan fingerprint density at radius 1 is 0.909 bits per heavy atom. The van der Waals surface area contributed by atoms with Crippen molar-refractivity contribution < 1.29 is 0 Å². The molecule has 0 amide bonds. The lowest BCUT2D eigenvalue weighted by atomic mass is 9.94. The molecule has 1 aliphatic heterocycles. The topological polar surface area (TPSA) is 3.24 Å². The van der Waals surface area contributed by atoms with Crippen LogP contribution in [0.15, 0.2) is 48.5 Å². The van der Waals surface area contributed by atoms with Gasteiger partial charge in [-0.15, -0.1) is 0 Å². The third-order valence-corrected chi connectivity index (χ3v) is 5.35. The fourth-order valence-corrected chi connectivity index (χ4v) is 4.31. The van der Waals surface area contributed by atoms with E-state index in [1.807, 2.05) is 0 Å². The minimum atomic E-state index is 1.08. The maximum absolute atomic E-state index is 2.55. The summed E-state index contributed by atoms with van der Waals surface area (Å²) in [5.74, 6) is 0. The molecule has 0 atom stereocenters. The monoisotopic (exact) mass is 285 g/mol. The molecular formula is C21H19N. The first-order chi connectivity index (χ1) is 10.9. The van der Waals surface area contributed by atoms with Crippen LogP contribution in [0.4, 0.5) is 5.69 Å². The summed E-state index contributed by atoms with van der Waals surface area (Å²) in [7, 11) is 0. The standard InChI is InChI=1S/C21H19N/c1-2-22-12-11-15-9-7-14-8-10-17-13-16-5-3-4-6-18(16)19(17)20(14)21(15)22/h3-10H,2,11-13H2,1H3. The van der Waals surface area contributed by atoms with Crippen molar-refractivity contribution in [2.45, 2.75) is 19.8 Å². The summed E-state index contributed by atoms with van der Waals surface area (Å²) in [4.78, 5) is 2.55. The van der Waals surface area contributed by atoms with E-state index < -0.39 is 0 Å². The highest BCUT2D eigenvalue weighted by atomic mass is 15.1. The fraction of sp³-hybridized carbons (Fsp3) is 0.238. The van der Waals surface area contributed by atoms with E-state index in [2.05, 4.69) is 60.4 Å². The zero-order valence-corrected chi connectivity index (χ0v) is 12.9.